The van der Waals surface area contributed by atoms with Crippen LogP contribution in [-0.2, 0) is 4.74 Å². The van der Waals surface area contributed by atoms with Crippen LogP contribution in [-0.4, -0.2) is 12.2 Å². The fraction of sp³-hybridized carbons (Fsp3) is 1.00. The summed E-state index contributed by atoms with van der Waals surface area (Å²) in [5, 5.41) is 0. The van der Waals surface area contributed by atoms with Gasteiger partial charge in [-0.15, -0.1) is 0 Å². The standard InChI is InChI=1S/C9H14O/c1-7-6-10-9(4-5-9)8(7)2-3-8/h7H,2-6H2,1H3. The summed E-state index contributed by atoms with van der Waals surface area (Å²) in [6.07, 6.45) is 5.62. The maximum atomic E-state index is 5.84. The normalized spacial score (nSPS) is 44.7. The Hall–Kier alpha value is -0.0400. The molecule has 3 rings (SSSR count). The van der Waals surface area contributed by atoms with Gasteiger partial charge in [-0.25, -0.2) is 0 Å². The molecule has 0 N–H and O–H groups in total. The largest absolute Gasteiger partial charge is 0.374 e. The van der Waals surface area contributed by atoms with Crippen LogP contribution in [0.1, 0.15) is 32.6 Å². The van der Waals surface area contributed by atoms with Crippen molar-refractivity contribution in [1.82, 2.24) is 0 Å². The van der Waals surface area contributed by atoms with Gasteiger partial charge in [0.05, 0.1) is 12.2 Å². The molecule has 1 aliphatic heterocycles. The maximum Gasteiger partial charge on any atom is 0.0744 e. The molecule has 0 aromatic rings. The Kier molecular flexibility index (Phi) is 0.722. The second-order valence-electron chi connectivity index (χ2n) is 4.36. The number of rotatable bonds is 0. The van der Waals surface area contributed by atoms with Crippen LogP contribution in [0, 0.1) is 11.3 Å². The van der Waals surface area contributed by atoms with Crippen molar-refractivity contribution in [3.8, 4) is 0 Å². The molecule has 10 heavy (non-hydrogen) atoms. The third-order valence-corrected chi connectivity index (χ3v) is 3.95. The predicted molar refractivity (Wildman–Crippen MR) is 38.7 cm³/mol. The molecule has 2 spiro atoms. The minimum Gasteiger partial charge on any atom is -0.374 e. The molecule has 56 valence electrons. The zero-order chi connectivity index (χ0) is 6.82. The Morgan fingerprint density at radius 3 is 2.30 bits per heavy atom. The highest BCUT2D eigenvalue weighted by Gasteiger charge is 2.71. The van der Waals surface area contributed by atoms with Crippen molar-refractivity contribution in [2.24, 2.45) is 11.3 Å². The summed E-state index contributed by atoms with van der Waals surface area (Å²) in [5.41, 5.74) is 1.11. The van der Waals surface area contributed by atoms with E-state index in [0.717, 1.165) is 12.5 Å². The highest BCUT2D eigenvalue weighted by atomic mass is 16.5. The van der Waals surface area contributed by atoms with Crippen LogP contribution in [0.5, 0.6) is 0 Å². The molecule has 0 amide bonds. The molecular formula is C9H14O. The zero-order valence-corrected chi connectivity index (χ0v) is 6.52. The van der Waals surface area contributed by atoms with E-state index in [1.54, 1.807) is 0 Å². The number of ether oxygens (including phenoxy) is 1. The van der Waals surface area contributed by atoms with E-state index in [1.807, 2.05) is 0 Å². The molecule has 1 heteroatoms. The van der Waals surface area contributed by atoms with Gasteiger partial charge in [-0.3, -0.25) is 0 Å². The van der Waals surface area contributed by atoms with E-state index in [9.17, 15) is 0 Å². The quantitative estimate of drug-likeness (QED) is 0.497. The minimum absolute atomic E-state index is 0.423. The summed E-state index contributed by atoms with van der Waals surface area (Å²) in [7, 11) is 0. The van der Waals surface area contributed by atoms with Gasteiger partial charge >= 0.3 is 0 Å². The van der Waals surface area contributed by atoms with Crippen LogP contribution in [0.25, 0.3) is 0 Å². The number of hydrogen-bond acceptors (Lipinski definition) is 1. The first-order valence-corrected chi connectivity index (χ1v) is 4.43. The highest BCUT2D eigenvalue weighted by molar-refractivity contribution is 5.21. The van der Waals surface area contributed by atoms with Crippen LogP contribution in [0.15, 0.2) is 0 Å². The Labute approximate surface area is 61.8 Å². The number of fused-ring (bicyclic) bond motifs is 1. The predicted octanol–water partition coefficient (Wildman–Crippen LogP) is 1.97. The molecule has 1 saturated heterocycles. The molecule has 1 atom stereocenters. The molecule has 0 radical (unpaired) electrons. The van der Waals surface area contributed by atoms with Gasteiger partial charge in [0.25, 0.3) is 0 Å². The molecule has 3 aliphatic rings. The van der Waals surface area contributed by atoms with Crippen LogP contribution >= 0.6 is 0 Å². The average Bonchev–Trinajstić information content (AvgIpc) is 2.76. The van der Waals surface area contributed by atoms with E-state index >= 15 is 0 Å². The summed E-state index contributed by atoms with van der Waals surface area (Å²) >= 11 is 0. The fourth-order valence-corrected chi connectivity index (χ4v) is 2.88. The van der Waals surface area contributed by atoms with Crippen molar-refractivity contribution in [2.45, 2.75) is 38.2 Å². The van der Waals surface area contributed by atoms with E-state index < -0.39 is 0 Å². The van der Waals surface area contributed by atoms with Gasteiger partial charge in [0.15, 0.2) is 0 Å². The van der Waals surface area contributed by atoms with Gasteiger partial charge in [-0.05, 0) is 31.6 Å². The topological polar surface area (TPSA) is 9.23 Å². The van der Waals surface area contributed by atoms with Crippen molar-refractivity contribution in [3.05, 3.63) is 0 Å². The molecule has 0 bridgehead atoms. The van der Waals surface area contributed by atoms with E-state index in [4.69, 9.17) is 4.74 Å². The molecule has 2 saturated carbocycles. The molecule has 3 fully saturated rings. The van der Waals surface area contributed by atoms with E-state index in [1.165, 1.54) is 25.7 Å². The Bertz CT molecular complexity index is 177. The summed E-state index contributed by atoms with van der Waals surface area (Å²) in [6, 6.07) is 0. The SMILES string of the molecule is CC1COC2(CC2)C12CC2. The molecule has 1 heterocycles. The summed E-state index contributed by atoms with van der Waals surface area (Å²) in [5.74, 6) is 0.856. The molecule has 1 nitrogen and oxygen atoms in total. The average molecular weight is 138 g/mol. The van der Waals surface area contributed by atoms with Crippen LogP contribution in [0.2, 0.25) is 0 Å². The first-order chi connectivity index (χ1) is 4.79. The van der Waals surface area contributed by atoms with Gasteiger partial charge in [0.1, 0.15) is 0 Å². The first-order valence-electron chi connectivity index (χ1n) is 4.43. The minimum atomic E-state index is 0.423. The van der Waals surface area contributed by atoms with Crippen molar-refractivity contribution in [2.75, 3.05) is 6.61 Å². The summed E-state index contributed by atoms with van der Waals surface area (Å²) in [4.78, 5) is 0. The Morgan fingerprint density at radius 1 is 1.20 bits per heavy atom. The summed E-state index contributed by atoms with van der Waals surface area (Å²) < 4.78 is 5.84. The first kappa shape index (κ1) is 5.59. The van der Waals surface area contributed by atoms with Crippen LogP contribution in [0.3, 0.4) is 0 Å². The van der Waals surface area contributed by atoms with E-state index in [0.29, 0.717) is 11.0 Å². The van der Waals surface area contributed by atoms with Crippen LogP contribution < -0.4 is 0 Å². The van der Waals surface area contributed by atoms with Gasteiger partial charge in [-0.2, -0.15) is 0 Å². The van der Waals surface area contributed by atoms with Crippen LogP contribution in [0.4, 0.5) is 0 Å². The molecule has 0 aromatic carbocycles. The molecular weight excluding hydrogens is 124 g/mol. The maximum absolute atomic E-state index is 5.84. The second kappa shape index (κ2) is 1.29. The third-order valence-electron chi connectivity index (χ3n) is 3.95. The van der Waals surface area contributed by atoms with Crippen molar-refractivity contribution >= 4 is 0 Å². The lowest BCUT2D eigenvalue weighted by Crippen LogP contribution is -2.21. The lowest BCUT2D eigenvalue weighted by Gasteiger charge is -2.17. The van der Waals surface area contributed by atoms with Gasteiger partial charge < -0.3 is 4.74 Å². The van der Waals surface area contributed by atoms with Gasteiger partial charge in [-0.1, -0.05) is 6.92 Å². The smallest absolute Gasteiger partial charge is 0.0744 e. The Balaban J connectivity index is 2.00. The molecule has 1 unspecified atom stereocenters. The number of hydrogen-bond donors (Lipinski definition) is 0. The summed E-state index contributed by atoms with van der Waals surface area (Å²) in [6.45, 7) is 3.40. The van der Waals surface area contributed by atoms with Crippen molar-refractivity contribution in [1.29, 1.82) is 0 Å². The van der Waals surface area contributed by atoms with E-state index in [-0.39, 0.29) is 0 Å². The second-order valence-corrected chi connectivity index (χ2v) is 4.36. The molecule has 2 aliphatic carbocycles. The fourth-order valence-electron chi connectivity index (χ4n) is 2.88. The lowest BCUT2D eigenvalue weighted by molar-refractivity contribution is 0.0614. The van der Waals surface area contributed by atoms with Crippen molar-refractivity contribution in [3.63, 3.8) is 0 Å². The monoisotopic (exact) mass is 138 g/mol. The third kappa shape index (κ3) is 0.402. The lowest BCUT2D eigenvalue weighted by atomic mass is 9.87. The van der Waals surface area contributed by atoms with Gasteiger partial charge in [0.2, 0.25) is 0 Å². The van der Waals surface area contributed by atoms with Crippen molar-refractivity contribution < 1.29 is 4.74 Å². The van der Waals surface area contributed by atoms with E-state index in [2.05, 4.69) is 6.92 Å². The zero-order valence-electron chi connectivity index (χ0n) is 6.52. The highest BCUT2D eigenvalue weighted by Crippen LogP contribution is 2.72. The Morgan fingerprint density at radius 2 is 1.90 bits per heavy atom. The molecule has 0 aromatic heterocycles. The van der Waals surface area contributed by atoms with Gasteiger partial charge in [0, 0.05) is 5.41 Å².